The van der Waals surface area contributed by atoms with Crippen LogP contribution in [0.25, 0.3) is 0 Å². The van der Waals surface area contributed by atoms with Gasteiger partial charge in [-0.25, -0.2) is 9.18 Å². The summed E-state index contributed by atoms with van der Waals surface area (Å²) in [5.74, 6) is -4.71. The zero-order valence-corrected chi connectivity index (χ0v) is 13.2. The van der Waals surface area contributed by atoms with Crippen molar-refractivity contribution in [2.75, 3.05) is 20.8 Å². The highest BCUT2D eigenvalue weighted by Crippen LogP contribution is 2.48. The number of aliphatic hydroxyl groups is 1. The van der Waals surface area contributed by atoms with Crippen molar-refractivity contribution in [3.05, 3.63) is 35.6 Å². The van der Waals surface area contributed by atoms with Crippen molar-refractivity contribution in [1.29, 1.82) is 0 Å². The van der Waals surface area contributed by atoms with Gasteiger partial charge >= 0.3 is 5.97 Å². The number of carbonyl (C=O) groups is 3. The molecular weight excluding hydrogens is 319 g/mol. The molecule has 2 aliphatic heterocycles. The Morgan fingerprint density at radius 1 is 1.38 bits per heavy atom. The van der Waals surface area contributed by atoms with Crippen molar-refractivity contribution in [2.24, 2.45) is 11.8 Å². The molecule has 2 aliphatic rings. The predicted molar refractivity (Wildman–Crippen MR) is 78.9 cm³/mol. The first-order valence-corrected chi connectivity index (χ1v) is 7.42. The number of benzene rings is 1. The summed E-state index contributed by atoms with van der Waals surface area (Å²) in [6, 6.07) is 4.87. The van der Waals surface area contributed by atoms with E-state index >= 15 is 0 Å². The molecule has 128 valence electrons. The van der Waals surface area contributed by atoms with Gasteiger partial charge in [0.25, 0.3) is 0 Å². The second kappa shape index (κ2) is 5.64. The molecule has 0 unspecified atom stereocenters. The fourth-order valence-corrected chi connectivity index (χ4v) is 3.72. The number of methoxy groups -OCH3 is 1. The van der Waals surface area contributed by atoms with Crippen molar-refractivity contribution in [2.45, 2.75) is 11.6 Å². The van der Waals surface area contributed by atoms with Crippen LogP contribution >= 0.6 is 0 Å². The molecule has 0 aromatic heterocycles. The minimum Gasteiger partial charge on any atom is -0.468 e. The minimum absolute atomic E-state index is 0.156. The number of nitrogens with zero attached hydrogens (tertiary/aromatic N) is 1. The fourth-order valence-electron chi connectivity index (χ4n) is 3.72. The summed E-state index contributed by atoms with van der Waals surface area (Å²) < 4.78 is 19.0. The third kappa shape index (κ3) is 1.99. The van der Waals surface area contributed by atoms with Crippen molar-refractivity contribution < 1.29 is 28.6 Å². The number of likely N-dealkylation sites (tertiary alicyclic amines) is 1. The number of amides is 2. The highest BCUT2D eigenvalue weighted by atomic mass is 19.1. The number of nitrogens with one attached hydrogen (secondary N) is 1. The average molecular weight is 336 g/mol. The molecule has 2 amide bonds. The van der Waals surface area contributed by atoms with Crippen LogP contribution in [0.4, 0.5) is 4.39 Å². The summed E-state index contributed by atoms with van der Waals surface area (Å²) in [6.07, 6.45) is 0. The van der Waals surface area contributed by atoms with Crippen LogP contribution in [0.15, 0.2) is 24.3 Å². The maximum absolute atomic E-state index is 14.2. The summed E-state index contributed by atoms with van der Waals surface area (Å²) in [6.45, 7) is -0.751. The number of carbonyl (C=O) groups excluding carboxylic acids is 3. The van der Waals surface area contributed by atoms with E-state index in [0.717, 1.165) is 12.0 Å². The molecule has 2 N–H and O–H groups in total. The minimum atomic E-state index is -1.79. The van der Waals surface area contributed by atoms with Crippen LogP contribution in [0.5, 0.6) is 0 Å². The Bertz CT molecular complexity index is 724. The molecule has 24 heavy (non-hydrogen) atoms. The molecule has 1 aromatic rings. The lowest BCUT2D eigenvalue weighted by Gasteiger charge is -2.29. The number of aliphatic hydroxyl groups excluding tert-OH is 1. The lowest BCUT2D eigenvalue weighted by atomic mass is 9.79. The summed E-state index contributed by atoms with van der Waals surface area (Å²) in [4.78, 5) is 38.2. The second-order valence-electron chi connectivity index (χ2n) is 6.00. The number of ether oxygens (including phenoxy) is 1. The second-order valence-corrected chi connectivity index (χ2v) is 6.00. The van der Waals surface area contributed by atoms with Gasteiger partial charge in [0.2, 0.25) is 11.8 Å². The topological polar surface area (TPSA) is 95.9 Å². The molecule has 2 saturated heterocycles. The maximum Gasteiger partial charge on any atom is 0.329 e. The fraction of sp³-hybridized carbons (Fsp3) is 0.438. The number of hydrogen-bond acceptors (Lipinski definition) is 6. The van der Waals surface area contributed by atoms with E-state index in [2.05, 4.69) is 5.32 Å². The molecule has 0 saturated carbocycles. The Morgan fingerprint density at radius 3 is 2.62 bits per heavy atom. The van der Waals surface area contributed by atoms with Crippen LogP contribution in [0.3, 0.4) is 0 Å². The molecule has 0 radical (unpaired) electrons. The highest BCUT2D eigenvalue weighted by Gasteiger charge is 2.68. The van der Waals surface area contributed by atoms with Gasteiger partial charge in [-0.1, -0.05) is 18.2 Å². The van der Waals surface area contributed by atoms with Gasteiger partial charge in [-0.15, -0.1) is 0 Å². The molecule has 0 spiro atoms. The molecule has 0 bridgehead atoms. The predicted octanol–water partition coefficient (Wildman–Crippen LogP) is -0.395. The van der Waals surface area contributed by atoms with E-state index < -0.39 is 53.6 Å². The monoisotopic (exact) mass is 336 g/mol. The largest absolute Gasteiger partial charge is 0.468 e. The number of imide groups is 1. The average Bonchev–Trinajstić information content (AvgIpc) is 3.05. The zero-order valence-electron chi connectivity index (χ0n) is 13.2. The van der Waals surface area contributed by atoms with E-state index in [9.17, 15) is 23.9 Å². The number of halogens is 1. The van der Waals surface area contributed by atoms with Gasteiger partial charge in [0.15, 0.2) is 5.54 Å². The van der Waals surface area contributed by atoms with Gasteiger partial charge in [-0.05, 0) is 6.07 Å². The quantitative estimate of drug-likeness (QED) is 0.576. The normalized spacial score (nSPS) is 32.2. The molecular formula is C16H17FN2O5. The summed E-state index contributed by atoms with van der Waals surface area (Å²) in [5.41, 5.74) is -1.63. The summed E-state index contributed by atoms with van der Waals surface area (Å²) in [5, 5.41) is 12.7. The molecule has 0 aliphatic carbocycles. The number of esters is 1. The first kappa shape index (κ1) is 16.5. The standard InChI is InChI=1S/C16H17FN2O5/c1-19-13(21)10-11(14(19)22)16(7-20,15(23)24-2)18-12(10)8-5-3-4-6-9(8)17/h3-6,10-12,18,20H,7H2,1-2H3/t10-,11+,12-,16+/m0/s1. The molecule has 4 atom stereocenters. The van der Waals surface area contributed by atoms with E-state index in [4.69, 9.17) is 4.74 Å². The Labute approximate surface area is 137 Å². The molecule has 3 rings (SSSR count). The number of hydrogen-bond donors (Lipinski definition) is 2. The lowest BCUT2D eigenvalue weighted by molar-refractivity contribution is -0.156. The van der Waals surface area contributed by atoms with Gasteiger partial charge in [-0.3, -0.25) is 19.8 Å². The van der Waals surface area contributed by atoms with Crippen LogP contribution in [-0.4, -0.2) is 54.1 Å². The molecule has 1 aromatic carbocycles. The van der Waals surface area contributed by atoms with E-state index in [-0.39, 0.29) is 5.56 Å². The highest BCUT2D eigenvalue weighted by molar-refractivity contribution is 6.09. The summed E-state index contributed by atoms with van der Waals surface area (Å²) in [7, 11) is 2.43. The van der Waals surface area contributed by atoms with E-state index in [1.807, 2.05) is 0 Å². The van der Waals surface area contributed by atoms with Crippen molar-refractivity contribution in [1.82, 2.24) is 10.2 Å². The number of rotatable bonds is 3. The van der Waals surface area contributed by atoms with Crippen LogP contribution in [0, 0.1) is 17.7 Å². The van der Waals surface area contributed by atoms with Crippen molar-refractivity contribution in [3.8, 4) is 0 Å². The Kier molecular flexibility index (Phi) is 3.89. The van der Waals surface area contributed by atoms with E-state index in [1.54, 1.807) is 6.07 Å². The van der Waals surface area contributed by atoms with Gasteiger partial charge in [0.05, 0.1) is 25.6 Å². The van der Waals surface area contributed by atoms with Gasteiger partial charge in [-0.2, -0.15) is 0 Å². The third-order valence-electron chi connectivity index (χ3n) is 4.91. The first-order valence-electron chi connectivity index (χ1n) is 7.42. The third-order valence-corrected chi connectivity index (χ3v) is 4.91. The van der Waals surface area contributed by atoms with Gasteiger partial charge < -0.3 is 9.84 Å². The molecule has 2 fully saturated rings. The van der Waals surface area contributed by atoms with Gasteiger partial charge in [0.1, 0.15) is 5.82 Å². The molecule has 8 heteroatoms. The van der Waals surface area contributed by atoms with Crippen LogP contribution in [0.1, 0.15) is 11.6 Å². The Balaban J connectivity index is 2.17. The Morgan fingerprint density at radius 2 is 2.04 bits per heavy atom. The smallest absolute Gasteiger partial charge is 0.329 e. The lowest BCUT2D eigenvalue weighted by Crippen LogP contribution is -2.58. The first-order chi connectivity index (χ1) is 11.4. The zero-order chi connectivity index (χ0) is 17.6. The maximum atomic E-state index is 14.2. The van der Waals surface area contributed by atoms with Crippen LogP contribution < -0.4 is 5.32 Å². The van der Waals surface area contributed by atoms with Crippen molar-refractivity contribution in [3.63, 3.8) is 0 Å². The Hall–Kier alpha value is -2.32. The van der Waals surface area contributed by atoms with Gasteiger partial charge in [0, 0.05) is 18.7 Å². The molecule has 7 nitrogen and oxygen atoms in total. The van der Waals surface area contributed by atoms with Crippen LogP contribution in [0.2, 0.25) is 0 Å². The summed E-state index contributed by atoms with van der Waals surface area (Å²) >= 11 is 0. The SMILES string of the molecule is COC(=O)[C@]1(CO)N[C@@H](c2ccccc2F)[C@H]2C(=O)N(C)C(=O)[C@@H]21. The number of fused-ring (bicyclic) bond motifs is 1. The van der Waals surface area contributed by atoms with Crippen molar-refractivity contribution >= 4 is 17.8 Å². The van der Waals surface area contributed by atoms with E-state index in [1.165, 1.54) is 25.2 Å². The van der Waals surface area contributed by atoms with E-state index in [0.29, 0.717) is 0 Å². The van der Waals surface area contributed by atoms with Crippen LogP contribution in [-0.2, 0) is 19.1 Å². The molecule has 2 heterocycles.